The van der Waals surface area contributed by atoms with Crippen LogP contribution >= 0.6 is 0 Å². The number of hydrogen-bond acceptors (Lipinski definition) is 2. The Balaban J connectivity index is 2.36. The molecule has 11 heavy (non-hydrogen) atoms. The molecule has 2 N–H and O–H groups in total. The maximum atomic E-state index is 5.73. The predicted octanol–water partition coefficient (Wildman–Crippen LogP) is 1.54. The minimum absolute atomic E-state index is 0.186. The molecule has 0 aromatic rings. The smallest absolute Gasteiger partial charge is 0.0723 e. The van der Waals surface area contributed by atoms with E-state index in [1.165, 1.54) is 6.42 Å². The molecule has 0 saturated carbocycles. The Morgan fingerprint density at radius 2 is 2.18 bits per heavy atom. The molecule has 2 atom stereocenters. The topological polar surface area (TPSA) is 35.2 Å². The summed E-state index contributed by atoms with van der Waals surface area (Å²) < 4.78 is 5.63. The van der Waals surface area contributed by atoms with E-state index in [1.54, 1.807) is 0 Å². The first-order valence-electron chi connectivity index (χ1n) is 4.38. The Morgan fingerprint density at radius 3 is 2.55 bits per heavy atom. The van der Waals surface area contributed by atoms with Gasteiger partial charge in [0.2, 0.25) is 0 Å². The lowest BCUT2D eigenvalue weighted by molar-refractivity contribution is -0.0562. The molecular formula is C9H19NO. The zero-order chi connectivity index (χ0) is 8.48. The SMILES string of the molecule is C[C@H](N)C1CCC(C)(C)CO1. The average molecular weight is 157 g/mol. The molecule has 0 bridgehead atoms. The van der Waals surface area contributed by atoms with Gasteiger partial charge in [-0.25, -0.2) is 0 Å². The molecule has 0 radical (unpaired) electrons. The van der Waals surface area contributed by atoms with E-state index in [0.29, 0.717) is 11.5 Å². The largest absolute Gasteiger partial charge is 0.376 e. The van der Waals surface area contributed by atoms with Gasteiger partial charge in [0.1, 0.15) is 0 Å². The maximum Gasteiger partial charge on any atom is 0.0723 e. The molecule has 1 rings (SSSR count). The summed E-state index contributed by atoms with van der Waals surface area (Å²) in [6.07, 6.45) is 2.65. The molecule has 66 valence electrons. The van der Waals surface area contributed by atoms with Crippen LogP contribution in [0.15, 0.2) is 0 Å². The second kappa shape index (κ2) is 3.11. The lowest BCUT2D eigenvalue weighted by Crippen LogP contribution is -2.41. The van der Waals surface area contributed by atoms with Crippen LogP contribution in [0.2, 0.25) is 0 Å². The highest BCUT2D eigenvalue weighted by molar-refractivity contribution is 4.80. The second-order valence-corrected chi connectivity index (χ2v) is 4.41. The van der Waals surface area contributed by atoms with Gasteiger partial charge in [0, 0.05) is 6.04 Å². The molecular weight excluding hydrogens is 138 g/mol. The highest BCUT2D eigenvalue weighted by atomic mass is 16.5. The van der Waals surface area contributed by atoms with Crippen molar-refractivity contribution in [1.29, 1.82) is 0 Å². The minimum Gasteiger partial charge on any atom is -0.376 e. The highest BCUT2D eigenvalue weighted by Crippen LogP contribution is 2.30. The van der Waals surface area contributed by atoms with Gasteiger partial charge in [0.05, 0.1) is 12.7 Å². The predicted molar refractivity (Wildman–Crippen MR) is 46.4 cm³/mol. The van der Waals surface area contributed by atoms with Crippen molar-refractivity contribution in [1.82, 2.24) is 0 Å². The van der Waals surface area contributed by atoms with Crippen LogP contribution in [0.4, 0.5) is 0 Å². The van der Waals surface area contributed by atoms with Gasteiger partial charge in [-0.15, -0.1) is 0 Å². The van der Waals surface area contributed by atoms with Crippen LogP contribution in [0.25, 0.3) is 0 Å². The van der Waals surface area contributed by atoms with Crippen LogP contribution in [0.1, 0.15) is 33.6 Å². The molecule has 1 unspecified atom stereocenters. The fraction of sp³-hybridized carbons (Fsp3) is 1.00. The van der Waals surface area contributed by atoms with Crippen LogP contribution in [0.3, 0.4) is 0 Å². The third-order valence-electron chi connectivity index (χ3n) is 2.38. The molecule has 0 amide bonds. The minimum atomic E-state index is 0.186. The first-order chi connectivity index (χ1) is 5.01. The van der Waals surface area contributed by atoms with E-state index < -0.39 is 0 Å². The Hall–Kier alpha value is -0.0800. The van der Waals surface area contributed by atoms with Gasteiger partial charge in [0.25, 0.3) is 0 Å². The van der Waals surface area contributed by atoms with Gasteiger partial charge in [0.15, 0.2) is 0 Å². The van der Waals surface area contributed by atoms with E-state index in [4.69, 9.17) is 10.5 Å². The Morgan fingerprint density at radius 1 is 1.55 bits per heavy atom. The van der Waals surface area contributed by atoms with E-state index in [0.717, 1.165) is 13.0 Å². The van der Waals surface area contributed by atoms with Crippen molar-refractivity contribution in [3.05, 3.63) is 0 Å². The van der Waals surface area contributed by atoms with Crippen LogP contribution in [-0.4, -0.2) is 18.8 Å². The molecule has 2 heteroatoms. The molecule has 0 aromatic heterocycles. The normalized spacial score (nSPS) is 33.3. The van der Waals surface area contributed by atoms with Crippen molar-refractivity contribution in [3.63, 3.8) is 0 Å². The zero-order valence-electron chi connectivity index (χ0n) is 7.76. The molecule has 2 nitrogen and oxygen atoms in total. The van der Waals surface area contributed by atoms with E-state index in [-0.39, 0.29) is 6.04 Å². The van der Waals surface area contributed by atoms with Crippen LogP contribution in [0, 0.1) is 5.41 Å². The van der Waals surface area contributed by atoms with E-state index in [9.17, 15) is 0 Å². The van der Waals surface area contributed by atoms with Gasteiger partial charge < -0.3 is 10.5 Å². The summed E-state index contributed by atoms with van der Waals surface area (Å²) >= 11 is 0. The fourth-order valence-electron chi connectivity index (χ4n) is 1.44. The fourth-order valence-corrected chi connectivity index (χ4v) is 1.44. The summed E-state index contributed by atoms with van der Waals surface area (Å²) in [5.41, 5.74) is 6.10. The van der Waals surface area contributed by atoms with Crippen molar-refractivity contribution < 1.29 is 4.74 Å². The van der Waals surface area contributed by atoms with Gasteiger partial charge in [-0.05, 0) is 25.2 Å². The number of rotatable bonds is 1. The molecule has 1 saturated heterocycles. The third kappa shape index (κ3) is 2.46. The zero-order valence-corrected chi connectivity index (χ0v) is 7.76. The number of nitrogens with two attached hydrogens (primary N) is 1. The van der Waals surface area contributed by atoms with Crippen LogP contribution in [-0.2, 0) is 4.74 Å². The van der Waals surface area contributed by atoms with Crippen molar-refractivity contribution in [2.45, 2.75) is 45.8 Å². The first kappa shape index (κ1) is 9.01. The molecule has 0 spiro atoms. The molecule has 1 aliphatic rings. The molecule has 1 fully saturated rings. The lowest BCUT2D eigenvalue weighted by atomic mass is 9.84. The highest BCUT2D eigenvalue weighted by Gasteiger charge is 2.28. The van der Waals surface area contributed by atoms with Crippen LogP contribution < -0.4 is 5.73 Å². The summed E-state index contributed by atoms with van der Waals surface area (Å²) in [5.74, 6) is 0. The van der Waals surface area contributed by atoms with Gasteiger partial charge >= 0.3 is 0 Å². The van der Waals surface area contributed by atoms with Gasteiger partial charge in [-0.1, -0.05) is 13.8 Å². The summed E-state index contributed by atoms with van der Waals surface area (Å²) in [6.45, 7) is 7.36. The molecule has 0 aromatic carbocycles. The van der Waals surface area contributed by atoms with Crippen molar-refractivity contribution >= 4 is 0 Å². The summed E-state index contributed by atoms with van der Waals surface area (Å²) in [4.78, 5) is 0. The van der Waals surface area contributed by atoms with E-state index in [1.807, 2.05) is 6.92 Å². The summed E-state index contributed by atoms with van der Waals surface area (Å²) in [5, 5.41) is 0. The standard InChI is InChI=1S/C9H19NO/c1-7(10)8-4-5-9(2,3)6-11-8/h7-8H,4-6,10H2,1-3H3/t7-,8?/m0/s1. The van der Waals surface area contributed by atoms with Crippen molar-refractivity contribution in [2.75, 3.05) is 6.61 Å². The third-order valence-corrected chi connectivity index (χ3v) is 2.38. The lowest BCUT2D eigenvalue weighted by Gasteiger charge is -2.36. The number of ether oxygens (including phenoxy) is 1. The molecule has 0 aliphatic carbocycles. The van der Waals surface area contributed by atoms with E-state index in [2.05, 4.69) is 13.8 Å². The summed E-state index contributed by atoms with van der Waals surface area (Å²) in [7, 11) is 0. The van der Waals surface area contributed by atoms with E-state index >= 15 is 0 Å². The monoisotopic (exact) mass is 157 g/mol. The first-order valence-corrected chi connectivity index (χ1v) is 4.38. The Bertz CT molecular complexity index is 122. The Kier molecular flexibility index (Phi) is 2.55. The van der Waals surface area contributed by atoms with Crippen molar-refractivity contribution in [3.8, 4) is 0 Å². The molecule has 1 heterocycles. The molecule has 1 aliphatic heterocycles. The average Bonchev–Trinajstić information content (AvgIpc) is 1.86. The Labute approximate surface area is 69.1 Å². The van der Waals surface area contributed by atoms with Gasteiger partial charge in [-0.3, -0.25) is 0 Å². The number of hydrogen-bond donors (Lipinski definition) is 1. The van der Waals surface area contributed by atoms with Gasteiger partial charge in [-0.2, -0.15) is 0 Å². The maximum absolute atomic E-state index is 5.73. The van der Waals surface area contributed by atoms with Crippen molar-refractivity contribution in [2.24, 2.45) is 11.1 Å². The summed E-state index contributed by atoms with van der Waals surface area (Å²) in [6, 6.07) is 0.186. The quantitative estimate of drug-likeness (QED) is 0.626. The van der Waals surface area contributed by atoms with Crippen LogP contribution in [0.5, 0.6) is 0 Å². The second-order valence-electron chi connectivity index (χ2n) is 4.41.